The predicted octanol–water partition coefficient (Wildman–Crippen LogP) is 2.21. The molecule has 0 aliphatic rings. The molecule has 0 bridgehead atoms. The Morgan fingerprint density at radius 1 is 1.45 bits per heavy atom. The van der Waals surface area contributed by atoms with E-state index in [-0.39, 0.29) is 23.9 Å². The first kappa shape index (κ1) is 18.9. The van der Waals surface area contributed by atoms with E-state index in [4.69, 9.17) is 5.73 Å². The van der Waals surface area contributed by atoms with Crippen LogP contribution in [-0.2, 0) is 7.05 Å². The van der Waals surface area contributed by atoms with Crippen molar-refractivity contribution < 1.29 is 4.79 Å². The SMILES string of the molecule is CCC(CC)(CN)NC(=O)c1cc(C(C)C)n(C)n1.Cl. The average Bonchev–Trinajstić information content (AvgIpc) is 2.78. The minimum atomic E-state index is -0.327. The largest absolute Gasteiger partial charge is 0.344 e. The number of carbonyl (C=O) groups is 1. The first-order valence-electron chi connectivity index (χ1n) is 6.95. The van der Waals surface area contributed by atoms with Gasteiger partial charge in [-0.05, 0) is 24.8 Å². The molecule has 0 aliphatic heterocycles. The summed E-state index contributed by atoms with van der Waals surface area (Å²) < 4.78 is 1.77. The summed E-state index contributed by atoms with van der Waals surface area (Å²) in [5, 5.41) is 7.32. The smallest absolute Gasteiger partial charge is 0.272 e. The first-order chi connectivity index (χ1) is 8.89. The standard InChI is InChI=1S/C14H26N4O.ClH/c1-6-14(7-2,9-15)16-13(19)11-8-12(10(3)4)18(5)17-11;/h8,10H,6-7,9,15H2,1-5H3,(H,16,19);1H. The summed E-state index contributed by atoms with van der Waals surface area (Å²) in [5.41, 5.74) is 6.99. The molecule has 1 aromatic rings. The number of aromatic nitrogens is 2. The van der Waals surface area contributed by atoms with E-state index in [2.05, 4.69) is 24.3 Å². The lowest BCUT2D eigenvalue weighted by atomic mass is 9.93. The van der Waals surface area contributed by atoms with Crippen LogP contribution in [0.25, 0.3) is 0 Å². The van der Waals surface area contributed by atoms with Crippen molar-refractivity contribution in [1.29, 1.82) is 0 Å². The molecule has 0 spiro atoms. The van der Waals surface area contributed by atoms with Crippen molar-refractivity contribution in [2.24, 2.45) is 12.8 Å². The summed E-state index contributed by atoms with van der Waals surface area (Å²) >= 11 is 0. The van der Waals surface area contributed by atoms with Crippen LogP contribution in [0.5, 0.6) is 0 Å². The third-order valence-electron chi connectivity index (χ3n) is 3.86. The Balaban J connectivity index is 0.00000361. The molecule has 1 rings (SSSR count). The highest BCUT2D eigenvalue weighted by molar-refractivity contribution is 5.93. The Morgan fingerprint density at radius 2 is 2.00 bits per heavy atom. The number of hydrogen-bond acceptors (Lipinski definition) is 3. The second kappa shape index (κ2) is 7.64. The van der Waals surface area contributed by atoms with Crippen molar-refractivity contribution in [3.8, 4) is 0 Å². The zero-order valence-corrected chi connectivity index (χ0v) is 13.9. The average molecular weight is 303 g/mol. The molecule has 20 heavy (non-hydrogen) atoms. The molecular weight excluding hydrogens is 276 g/mol. The van der Waals surface area contributed by atoms with Crippen molar-refractivity contribution in [3.63, 3.8) is 0 Å². The van der Waals surface area contributed by atoms with Crippen LogP contribution in [0.15, 0.2) is 6.07 Å². The number of hydrogen-bond donors (Lipinski definition) is 2. The molecule has 6 heteroatoms. The topological polar surface area (TPSA) is 72.9 Å². The highest BCUT2D eigenvalue weighted by Gasteiger charge is 2.28. The Kier molecular flexibility index (Phi) is 7.23. The molecule has 116 valence electrons. The molecule has 0 aromatic carbocycles. The Labute approximate surface area is 127 Å². The van der Waals surface area contributed by atoms with Crippen molar-refractivity contribution in [1.82, 2.24) is 15.1 Å². The molecule has 5 nitrogen and oxygen atoms in total. The van der Waals surface area contributed by atoms with E-state index in [0.717, 1.165) is 18.5 Å². The molecule has 1 aromatic heterocycles. The van der Waals surface area contributed by atoms with Crippen LogP contribution in [0, 0.1) is 0 Å². The van der Waals surface area contributed by atoms with E-state index in [9.17, 15) is 4.79 Å². The number of aryl methyl sites for hydroxylation is 1. The Morgan fingerprint density at radius 3 is 2.35 bits per heavy atom. The maximum absolute atomic E-state index is 12.3. The fourth-order valence-electron chi connectivity index (χ4n) is 2.20. The molecule has 0 aliphatic carbocycles. The van der Waals surface area contributed by atoms with Gasteiger partial charge in [0.05, 0.1) is 5.54 Å². The lowest BCUT2D eigenvalue weighted by Gasteiger charge is -2.31. The summed E-state index contributed by atoms with van der Waals surface area (Å²) in [5.74, 6) is 0.201. The van der Waals surface area contributed by atoms with Gasteiger partial charge in [0.15, 0.2) is 0 Å². The van der Waals surface area contributed by atoms with Crippen molar-refractivity contribution in [3.05, 3.63) is 17.5 Å². The van der Waals surface area contributed by atoms with Gasteiger partial charge in [-0.2, -0.15) is 5.10 Å². The molecule has 1 amide bonds. The minimum absolute atomic E-state index is 0. The fraction of sp³-hybridized carbons (Fsp3) is 0.714. The van der Waals surface area contributed by atoms with Crippen molar-refractivity contribution >= 4 is 18.3 Å². The molecule has 3 N–H and O–H groups in total. The second-order valence-electron chi connectivity index (χ2n) is 5.38. The Hall–Kier alpha value is -1.07. The number of nitrogens with one attached hydrogen (secondary N) is 1. The summed E-state index contributed by atoms with van der Waals surface area (Å²) in [7, 11) is 1.86. The number of amides is 1. The number of carbonyl (C=O) groups excluding carboxylic acids is 1. The molecule has 0 saturated heterocycles. The molecular formula is C14H27ClN4O. The van der Waals surface area contributed by atoms with Crippen LogP contribution in [0.4, 0.5) is 0 Å². The maximum Gasteiger partial charge on any atom is 0.272 e. The van der Waals surface area contributed by atoms with Gasteiger partial charge < -0.3 is 11.1 Å². The Bertz CT molecular complexity index is 430. The third kappa shape index (κ3) is 3.96. The van der Waals surface area contributed by atoms with Gasteiger partial charge in [0.1, 0.15) is 5.69 Å². The summed E-state index contributed by atoms with van der Waals surface area (Å²) in [4.78, 5) is 12.3. The van der Waals surface area contributed by atoms with Crippen LogP contribution in [0.2, 0.25) is 0 Å². The molecule has 0 unspecified atom stereocenters. The predicted molar refractivity (Wildman–Crippen MR) is 84.4 cm³/mol. The molecule has 0 radical (unpaired) electrons. The van der Waals surface area contributed by atoms with Gasteiger partial charge in [-0.1, -0.05) is 27.7 Å². The van der Waals surface area contributed by atoms with Gasteiger partial charge >= 0.3 is 0 Å². The van der Waals surface area contributed by atoms with Crippen molar-refractivity contribution in [2.45, 2.75) is 52.0 Å². The fourth-order valence-corrected chi connectivity index (χ4v) is 2.20. The zero-order chi connectivity index (χ0) is 14.6. The number of halogens is 1. The van der Waals surface area contributed by atoms with E-state index in [1.165, 1.54) is 0 Å². The molecule has 1 heterocycles. The normalized spacial score (nSPS) is 11.3. The first-order valence-corrected chi connectivity index (χ1v) is 6.95. The number of nitrogens with zero attached hydrogens (tertiary/aromatic N) is 2. The van der Waals surface area contributed by atoms with Crippen LogP contribution in [0.1, 0.15) is 62.6 Å². The minimum Gasteiger partial charge on any atom is -0.344 e. The molecule has 0 fully saturated rings. The summed E-state index contributed by atoms with van der Waals surface area (Å²) in [6, 6.07) is 1.85. The maximum atomic E-state index is 12.3. The quantitative estimate of drug-likeness (QED) is 0.846. The van der Waals surface area contributed by atoms with E-state index < -0.39 is 0 Å². The highest BCUT2D eigenvalue weighted by Crippen LogP contribution is 2.17. The van der Waals surface area contributed by atoms with Crippen LogP contribution < -0.4 is 11.1 Å². The van der Waals surface area contributed by atoms with Crippen molar-refractivity contribution in [2.75, 3.05) is 6.54 Å². The van der Waals surface area contributed by atoms with E-state index >= 15 is 0 Å². The van der Waals surface area contributed by atoms with Gasteiger partial charge in [-0.3, -0.25) is 9.48 Å². The van der Waals surface area contributed by atoms with Gasteiger partial charge in [0.25, 0.3) is 5.91 Å². The second-order valence-corrected chi connectivity index (χ2v) is 5.38. The van der Waals surface area contributed by atoms with Crippen LogP contribution in [-0.4, -0.2) is 27.8 Å². The number of rotatable bonds is 6. The van der Waals surface area contributed by atoms with Crippen LogP contribution in [0.3, 0.4) is 0 Å². The lowest BCUT2D eigenvalue weighted by molar-refractivity contribution is 0.0889. The molecule has 0 saturated carbocycles. The van der Waals surface area contributed by atoms with E-state index in [1.54, 1.807) is 4.68 Å². The lowest BCUT2D eigenvalue weighted by Crippen LogP contribution is -2.53. The highest BCUT2D eigenvalue weighted by atomic mass is 35.5. The van der Waals surface area contributed by atoms with E-state index in [1.807, 2.05) is 27.0 Å². The third-order valence-corrected chi connectivity index (χ3v) is 3.86. The zero-order valence-electron chi connectivity index (χ0n) is 13.1. The van der Waals surface area contributed by atoms with Gasteiger partial charge in [-0.15, -0.1) is 12.4 Å². The van der Waals surface area contributed by atoms with Gasteiger partial charge in [0, 0.05) is 19.3 Å². The number of nitrogens with two attached hydrogens (primary N) is 1. The summed E-state index contributed by atoms with van der Waals surface area (Å²) in [6.07, 6.45) is 1.63. The summed E-state index contributed by atoms with van der Waals surface area (Å²) in [6.45, 7) is 8.68. The van der Waals surface area contributed by atoms with E-state index in [0.29, 0.717) is 18.2 Å². The van der Waals surface area contributed by atoms with Crippen LogP contribution >= 0.6 is 12.4 Å². The van der Waals surface area contributed by atoms with Gasteiger partial charge in [0.2, 0.25) is 0 Å². The van der Waals surface area contributed by atoms with Gasteiger partial charge in [-0.25, -0.2) is 0 Å². The monoisotopic (exact) mass is 302 g/mol. The molecule has 0 atom stereocenters.